The number of amides is 3. The number of nitrogens with one attached hydrogen (secondary N) is 3. The number of hydrogen-bond donors (Lipinski definition) is 6. The number of carboxylic acid groups (broad SMARTS) is 1. The van der Waals surface area contributed by atoms with Gasteiger partial charge in [0.25, 0.3) is 0 Å². The van der Waals surface area contributed by atoms with Gasteiger partial charge < -0.3 is 26.8 Å². The third kappa shape index (κ3) is 8.77. The van der Waals surface area contributed by atoms with E-state index in [0.717, 1.165) is 0 Å². The van der Waals surface area contributed by atoms with Gasteiger partial charge in [0.15, 0.2) is 0 Å². The monoisotopic (exact) mass is 408 g/mol. The number of carbonyl (C=O) groups excluding carboxylic acids is 3. The molecule has 0 fully saturated rings. The van der Waals surface area contributed by atoms with Crippen LogP contribution in [0.5, 0.6) is 0 Å². The van der Waals surface area contributed by atoms with Gasteiger partial charge in [0, 0.05) is 5.75 Å². The molecule has 0 aliphatic rings. The van der Waals surface area contributed by atoms with Crippen LogP contribution in [-0.4, -0.2) is 71.2 Å². The van der Waals surface area contributed by atoms with E-state index >= 15 is 0 Å². The summed E-state index contributed by atoms with van der Waals surface area (Å²) in [5.74, 6) is -2.54. The van der Waals surface area contributed by atoms with Crippen LogP contribution in [0.4, 0.5) is 0 Å². The molecule has 0 spiro atoms. The molecule has 0 heterocycles. The molecule has 0 aromatic rings. The Kier molecular flexibility index (Phi) is 12.1. The normalized spacial score (nSPS) is 14.2. The molecule has 0 rings (SSSR count). The summed E-state index contributed by atoms with van der Waals surface area (Å²) in [6.07, 6.45) is 2.11. The highest BCUT2D eigenvalue weighted by atomic mass is 32.2. The highest BCUT2D eigenvalue weighted by Crippen LogP contribution is 2.06. The van der Waals surface area contributed by atoms with Crippen molar-refractivity contribution in [3.63, 3.8) is 0 Å². The topological polar surface area (TPSA) is 151 Å². The highest BCUT2D eigenvalue weighted by Gasteiger charge is 2.30. The third-order valence-electron chi connectivity index (χ3n) is 3.49. The maximum absolute atomic E-state index is 12.5. The van der Waals surface area contributed by atoms with E-state index in [-0.39, 0.29) is 24.6 Å². The molecule has 26 heavy (non-hydrogen) atoms. The Morgan fingerprint density at radius 3 is 2.12 bits per heavy atom. The lowest BCUT2D eigenvalue weighted by atomic mass is 10.0. The average Bonchev–Trinajstić information content (AvgIpc) is 2.59. The summed E-state index contributed by atoms with van der Waals surface area (Å²) in [6.45, 7) is 3.16. The largest absolute Gasteiger partial charge is 0.480 e. The summed E-state index contributed by atoms with van der Waals surface area (Å²) in [6, 6.07) is -2.93. The molecule has 0 aromatic heterocycles. The van der Waals surface area contributed by atoms with Crippen LogP contribution >= 0.6 is 24.4 Å². The summed E-state index contributed by atoms with van der Waals surface area (Å²) in [7, 11) is 0. The van der Waals surface area contributed by atoms with Crippen LogP contribution in [-0.2, 0) is 19.2 Å². The van der Waals surface area contributed by atoms with Crippen LogP contribution < -0.4 is 21.7 Å². The molecule has 6 N–H and O–H groups in total. The number of rotatable bonds is 12. The second-order valence-electron chi connectivity index (χ2n) is 5.92. The summed E-state index contributed by atoms with van der Waals surface area (Å²) in [5, 5.41) is 16.6. The number of carbonyl (C=O) groups is 4. The number of hydrogen-bond acceptors (Lipinski definition) is 7. The van der Waals surface area contributed by atoms with E-state index in [0.29, 0.717) is 5.75 Å². The quantitative estimate of drug-likeness (QED) is 0.223. The molecular weight excluding hydrogens is 380 g/mol. The van der Waals surface area contributed by atoms with Crippen molar-refractivity contribution in [2.75, 3.05) is 24.3 Å². The van der Waals surface area contributed by atoms with Gasteiger partial charge in [0.2, 0.25) is 17.7 Å². The lowest BCUT2D eigenvalue weighted by Crippen LogP contribution is -2.58. The smallest absolute Gasteiger partial charge is 0.326 e. The zero-order valence-corrected chi connectivity index (χ0v) is 16.9. The van der Waals surface area contributed by atoms with Gasteiger partial charge in [-0.25, -0.2) is 4.79 Å². The van der Waals surface area contributed by atoms with Crippen molar-refractivity contribution < 1.29 is 24.3 Å². The SMILES string of the molecule is CSCCC(NC(=O)C(NC(=O)C(CS)NC(=O)CN)C(C)C)C(=O)O. The lowest BCUT2D eigenvalue weighted by molar-refractivity contribution is -0.142. The summed E-state index contributed by atoms with van der Waals surface area (Å²) >= 11 is 5.49. The Bertz CT molecular complexity index is 504. The summed E-state index contributed by atoms with van der Waals surface area (Å²) in [5.41, 5.74) is 5.21. The van der Waals surface area contributed by atoms with Crippen molar-refractivity contribution in [2.24, 2.45) is 11.7 Å². The molecule has 0 aliphatic heterocycles. The summed E-state index contributed by atoms with van der Waals surface area (Å²) < 4.78 is 0. The maximum atomic E-state index is 12.5. The van der Waals surface area contributed by atoms with Crippen molar-refractivity contribution in [1.82, 2.24) is 16.0 Å². The standard InChI is InChI=1S/C15H28N4O5S2/c1-8(2)12(14(22)18-9(15(23)24)4-5-26-3)19-13(21)10(7-25)17-11(20)6-16/h8-10,12,25H,4-7,16H2,1-3H3,(H,17,20)(H,18,22)(H,19,21)(H,23,24). The molecule has 0 aliphatic carbocycles. The fraction of sp³-hybridized carbons (Fsp3) is 0.733. The van der Waals surface area contributed by atoms with Gasteiger partial charge in [-0.2, -0.15) is 24.4 Å². The number of carboxylic acids is 1. The highest BCUT2D eigenvalue weighted by molar-refractivity contribution is 7.98. The Morgan fingerprint density at radius 2 is 1.69 bits per heavy atom. The van der Waals surface area contributed by atoms with Crippen molar-refractivity contribution in [1.29, 1.82) is 0 Å². The van der Waals surface area contributed by atoms with E-state index in [9.17, 15) is 24.3 Å². The molecule has 0 saturated carbocycles. The zero-order chi connectivity index (χ0) is 20.3. The Labute approximate surface area is 163 Å². The first-order chi connectivity index (χ1) is 12.2. The van der Waals surface area contributed by atoms with Gasteiger partial charge in [-0.05, 0) is 24.3 Å². The van der Waals surface area contributed by atoms with Crippen molar-refractivity contribution in [3.05, 3.63) is 0 Å². The van der Waals surface area contributed by atoms with E-state index < -0.39 is 41.8 Å². The van der Waals surface area contributed by atoms with Crippen LogP contribution in [0.2, 0.25) is 0 Å². The molecule has 0 saturated heterocycles. The van der Waals surface area contributed by atoms with E-state index in [1.807, 2.05) is 6.26 Å². The predicted octanol–water partition coefficient (Wildman–Crippen LogP) is -1.18. The van der Waals surface area contributed by atoms with Crippen molar-refractivity contribution >= 4 is 48.1 Å². The van der Waals surface area contributed by atoms with Crippen molar-refractivity contribution in [2.45, 2.75) is 38.4 Å². The average molecular weight is 409 g/mol. The minimum atomic E-state index is -1.13. The van der Waals surface area contributed by atoms with Crippen LogP contribution in [0, 0.1) is 5.92 Å². The van der Waals surface area contributed by atoms with Gasteiger partial charge in [-0.15, -0.1) is 0 Å². The second-order valence-corrected chi connectivity index (χ2v) is 7.27. The minimum Gasteiger partial charge on any atom is -0.480 e. The summed E-state index contributed by atoms with van der Waals surface area (Å²) in [4.78, 5) is 47.4. The van der Waals surface area contributed by atoms with Crippen LogP contribution in [0.1, 0.15) is 20.3 Å². The Morgan fingerprint density at radius 1 is 1.08 bits per heavy atom. The minimum absolute atomic E-state index is 0.0233. The fourth-order valence-corrected chi connectivity index (χ4v) is 2.72. The van der Waals surface area contributed by atoms with E-state index in [1.54, 1.807) is 13.8 Å². The second kappa shape index (κ2) is 12.8. The zero-order valence-electron chi connectivity index (χ0n) is 15.2. The van der Waals surface area contributed by atoms with Gasteiger partial charge in [-0.1, -0.05) is 13.8 Å². The Balaban J connectivity index is 5.04. The fourth-order valence-electron chi connectivity index (χ4n) is 1.99. The van der Waals surface area contributed by atoms with Crippen molar-refractivity contribution in [3.8, 4) is 0 Å². The van der Waals surface area contributed by atoms with Gasteiger partial charge in [0.1, 0.15) is 18.1 Å². The maximum Gasteiger partial charge on any atom is 0.326 e. The number of thiol groups is 1. The molecule has 0 bridgehead atoms. The van der Waals surface area contributed by atoms with E-state index in [1.165, 1.54) is 11.8 Å². The number of aliphatic carboxylic acids is 1. The molecule has 3 amide bonds. The molecule has 0 aromatic carbocycles. The van der Waals surface area contributed by atoms with Gasteiger partial charge in [-0.3, -0.25) is 14.4 Å². The molecule has 11 heteroatoms. The van der Waals surface area contributed by atoms with E-state index in [2.05, 4.69) is 28.6 Å². The predicted molar refractivity (Wildman–Crippen MR) is 104 cm³/mol. The first kappa shape index (κ1) is 24.5. The lowest BCUT2D eigenvalue weighted by Gasteiger charge is -2.26. The molecular formula is C15H28N4O5S2. The molecule has 0 radical (unpaired) electrons. The van der Waals surface area contributed by atoms with Gasteiger partial charge >= 0.3 is 5.97 Å². The molecule has 150 valence electrons. The molecule has 9 nitrogen and oxygen atoms in total. The van der Waals surface area contributed by atoms with Gasteiger partial charge in [0.05, 0.1) is 6.54 Å². The third-order valence-corrected chi connectivity index (χ3v) is 4.50. The number of thioether (sulfide) groups is 1. The Hall–Kier alpha value is -1.46. The van der Waals surface area contributed by atoms with Crippen LogP contribution in [0.3, 0.4) is 0 Å². The van der Waals surface area contributed by atoms with E-state index in [4.69, 9.17) is 5.73 Å². The number of nitrogens with two attached hydrogens (primary N) is 1. The molecule has 3 atom stereocenters. The van der Waals surface area contributed by atoms with Crippen LogP contribution in [0.25, 0.3) is 0 Å². The molecule has 3 unspecified atom stereocenters. The first-order valence-electron chi connectivity index (χ1n) is 8.10. The van der Waals surface area contributed by atoms with Crippen LogP contribution in [0.15, 0.2) is 0 Å². The first-order valence-corrected chi connectivity index (χ1v) is 10.1.